The summed E-state index contributed by atoms with van der Waals surface area (Å²) in [5.41, 5.74) is 9.91. The highest BCUT2D eigenvalue weighted by Gasteiger charge is 2.42. The lowest BCUT2D eigenvalue weighted by atomic mass is 9.70. The predicted octanol–water partition coefficient (Wildman–Crippen LogP) is 5.45. The third kappa shape index (κ3) is 6.43. The van der Waals surface area contributed by atoms with Gasteiger partial charge in [-0.25, -0.2) is 0 Å². The number of imide groups is 1. The van der Waals surface area contributed by atoms with Crippen molar-refractivity contribution < 1.29 is 19.2 Å². The second-order valence-electron chi connectivity index (χ2n) is 17.1. The van der Waals surface area contributed by atoms with E-state index in [1.807, 2.05) is 24.3 Å². The number of H-pyrrole nitrogens is 1. The van der Waals surface area contributed by atoms with Gasteiger partial charge in [-0.2, -0.15) is 5.26 Å². The molecule has 3 aromatic carbocycles. The lowest BCUT2D eigenvalue weighted by molar-refractivity contribution is -0.136. The number of aryl methyl sites for hydroxylation is 2. The summed E-state index contributed by atoms with van der Waals surface area (Å²) >= 11 is 0. The number of hydrogen-bond donors (Lipinski definition) is 2. The number of nitriles is 1. The number of amides is 3. The first-order chi connectivity index (χ1) is 27.5. The fraction of sp³-hybridized carbons (Fsp3) is 0.457. The predicted molar refractivity (Wildman–Crippen MR) is 218 cm³/mol. The number of aromatic amines is 1. The van der Waals surface area contributed by atoms with Crippen molar-refractivity contribution in [3.8, 4) is 6.07 Å². The number of ketones is 1. The topological polar surface area (TPSA) is 133 Å². The van der Waals surface area contributed by atoms with E-state index in [-0.39, 0.29) is 29.9 Å². The number of anilines is 1. The Morgan fingerprint density at radius 2 is 1.68 bits per heavy atom. The van der Waals surface area contributed by atoms with Crippen LogP contribution in [0.4, 0.5) is 5.69 Å². The molecule has 5 aliphatic rings. The minimum absolute atomic E-state index is 0.0628. The van der Waals surface area contributed by atoms with Gasteiger partial charge in [0.1, 0.15) is 6.04 Å². The smallest absolute Gasteiger partial charge is 0.255 e. The zero-order chi connectivity index (χ0) is 39.6. The highest BCUT2D eigenvalue weighted by atomic mass is 16.2. The van der Waals surface area contributed by atoms with Crippen molar-refractivity contribution >= 4 is 40.1 Å². The molecule has 2 N–H and O–H groups in total. The molecule has 4 aliphatic heterocycles. The van der Waals surface area contributed by atoms with Gasteiger partial charge in [-0.15, -0.1) is 0 Å². The molecule has 5 heterocycles. The van der Waals surface area contributed by atoms with Gasteiger partial charge >= 0.3 is 0 Å². The first-order valence-electron chi connectivity index (χ1n) is 20.8. The van der Waals surface area contributed by atoms with E-state index < -0.39 is 11.5 Å². The molecule has 11 nitrogen and oxygen atoms in total. The van der Waals surface area contributed by atoms with E-state index in [1.165, 1.54) is 16.8 Å². The van der Waals surface area contributed by atoms with Crippen molar-refractivity contribution in [1.82, 2.24) is 25.0 Å². The minimum atomic E-state index is -0.590. The second-order valence-corrected chi connectivity index (χ2v) is 17.1. The van der Waals surface area contributed by atoms with Crippen molar-refractivity contribution in [3.05, 3.63) is 98.7 Å². The van der Waals surface area contributed by atoms with E-state index in [2.05, 4.69) is 70.0 Å². The summed E-state index contributed by atoms with van der Waals surface area (Å²) in [6.07, 6.45) is 5.62. The Kier molecular flexibility index (Phi) is 9.53. The quantitative estimate of drug-likeness (QED) is 0.227. The average molecular weight is 766 g/mol. The summed E-state index contributed by atoms with van der Waals surface area (Å²) in [6, 6.07) is 18.1. The monoisotopic (exact) mass is 765 g/mol. The zero-order valence-electron chi connectivity index (χ0n) is 33.2. The van der Waals surface area contributed by atoms with Gasteiger partial charge in [0.25, 0.3) is 5.91 Å². The van der Waals surface area contributed by atoms with E-state index in [0.29, 0.717) is 30.1 Å². The molecule has 0 saturated carbocycles. The molecule has 11 heteroatoms. The first kappa shape index (κ1) is 37.3. The van der Waals surface area contributed by atoms with E-state index in [0.717, 1.165) is 117 Å². The molecule has 4 aromatic rings. The summed E-state index contributed by atoms with van der Waals surface area (Å²) in [6.45, 7) is 14.2. The maximum absolute atomic E-state index is 14.1. The van der Waals surface area contributed by atoms with Crippen LogP contribution in [0.25, 0.3) is 10.9 Å². The highest BCUT2D eigenvalue weighted by Crippen LogP contribution is 2.46. The van der Waals surface area contributed by atoms with Crippen molar-refractivity contribution in [2.24, 2.45) is 0 Å². The number of fused-ring (bicyclic) bond motifs is 5. The second kappa shape index (κ2) is 14.6. The van der Waals surface area contributed by atoms with Crippen LogP contribution < -0.4 is 10.2 Å². The van der Waals surface area contributed by atoms with Crippen molar-refractivity contribution in [2.45, 2.75) is 89.8 Å². The minimum Gasteiger partial charge on any atom is -0.371 e. The summed E-state index contributed by atoms with van der Waals surface area (Å²) < 4.78 is 0. The Balaban J connectivity index is 0.796. The van der Waals surface area contributed by atoms with Crippen LogP contribution in [0.3, 0.4) is 0 Å². The molecule has 1 aliphatic carbocycles. The molecule has 3 saturated heterocycles. The Morgan fingerprint density at radius 3 is 2.42 bits per heavy atom. The van der Waals surface area contributed by atoms with Crippen LogP contribution in [0, 0.1) is 11.3 Å². The largest absolute Gasteiger partial charge is 0.371 e. The number of piperidine rings is 2. The van der Waals surface area contributed by atoms with Crippen LogP contribution in [0.15, 0.2) is 48.5 Å². The van der Waals surface area contributed by atoms with E-state index in [1.54, 1.807) is 11.0 Å². The molecule has 1 aromatic heterocycles. The molecule has 0 bridgehead atoms. The maximum Gasteiger partial charge on any atom is 0.255 e. The zero-order valence-corrected chi connectivity index (χ0v) is 33.2. The third-order valence-corrected chi connectivity index (χ3v) is 13.6. The van der Waals surface area contributed by atoms with Crippen molar-refractivity contribution in [3.63, 3.8) is 0 Å². The molecule has 3 amide bonds. The van der Waals surface area contributed by atoms with Crippen LogP contribution in [-0.4, -0.2) is 101 Å². The molecule has 3 fully saturated rings. The molecule has 57 heavy (non-hydrogen) atoms. The molecule has 0 radical (unpaired) electrons. The van der Waals surface area contributed by atoms with Crippen LogP contribution in [0.5, 0.6) is 0 Å². The maximum atomic E-state index is 14.1. The van der Waals surface area contributed by atoms with Gasteiger partial charge in [-0.05, 0) is 97.7 Å². The fourth-order valence-electron chi connectivity index (χ4n) is 10.4. The van der Waals surface area contributed by atoms with Gasteiger partial charge in [0, 0.05) is 97.1 Å². The lowest BCUT2D eigenvalue weighted by Gasteiger charge is -2.44. The molecule has 1 unspecified atom stereocenters. The molecular formula is C46H51N7O4. The number of benzene rings is 3. The number of nitrogens with one attached hydrogen (secondary N) is 2. The number of aromatic nitrogens is 1. The van der Waals surface area contributed by atoms with Crippen LogP contribution in [0.2, 0.25) is 0 Å². The van der Waals surface area contributed by atoms with Crippen molar-refractivity contribution in [2.75, 3.05) is 50.7 Å². The Labute approximate surface area is 334 Å². The van der Waals surface area contributed by atoms with Gasteiger partial charge in [-0.1, -0.05) is 39.0 Å². The van der Waals surface area contributed by atoms with E-state index in [9.17, 15) is 24.4 Å². The fourth-order valence-corrected chi connectivity index (χ4v) is 10.4. The number of rotatable bonds is 8. The first-order valence-corrected chi connectivity index (χ1v) is 20.8. The van der Waals surface area contributed by atoms with Gasteiger partial charge in [0.2, 0.25) is 11.8 Å². The van der Waals surface area contributed by atoms with Crippen LogP contribution in [-0.2, 0) is 34.4 Å². The molecule has 9 rings (SSSR count). The van der Waals surface area contributed by atoms with Crippen LogP contribution in [0.1, 0.15) is 113 Å². The van der Waals surface area contributed by atoms with E-state index in [4.69, 9.17) is 0 Å². The molecule has 294 valence electrons. The Bertz CT molecular complexity index is 2360. The normalized spacial score (nSPS) is 21.4. The standard InChI is InChI=1S/C46H51N7O4/c1-4-29-24-34-36(46(2,3)43-41(42(34)55)33-11-10-28(26-47)23-37(33)48-43)25-39(29)52-17-14-31(15-18-52)51-21-19-50(20-22-51)16-6-8-30-7-5-9-32-35(30)27-53(45(32)57)38-12-13-40(54)49-44(38)56/h5,7,9-11,23-25,31,38,48H,4,6,8,12-22,27H2,1-3H3,(H,49,54,56). The summed E-state index contributed by atoms with van der Waals surface area (Å²) in [4.78, 5) is 64.6. The summed E-state index contributed by atoms with van der Waals surface area (Å²) in [5, 5.41) is 12.8. The number of piperazine rings is 1. The van der Waals surface area contributed by atoms with Gasteiger partial charge < -0.3 is 19.7 Å². The number of carbonyl (C=O) groups is 4. The Hall–Kier alpha value is -5.31. The summed E-state index contributed by atoms with van der Waals surface area (Å²) in [7, 11) is 0. The molecule has 1 atom stereocenters. The van der Waals surface area contributed by atoms with E-state index >= 15 is 0 Å². The summed E-state index contributed by atoms with van der Waals surface area (Å²) in [5.74, 6) is -0.689. The number of hydrogen-bond acceptors (Lipinski definition) is 8. The van der Waals surface area contributed by atoms with Gasteiger partial charge in [0.05, 0.1) is 17.2 Å². The SMILES string of the molecule is CCc1cc2c(cc1N1CCC(N3CCN(CCCc4cccc5c4CN(C4CCC(=O)NC4=O)C5=O)CC3)CC1)C(C)(C)c1[nH]c3cc(C#N)ccc3c1C2=O. The van der Waals surface area contributed by atoms with Crippen LogP contribution >= 0.6 is 0 Å². The number of nitrogens with zero attached hydrogens (tertiary/aromatic N) is 5. The highest BCUT2D eigenvalue weighted by molar-refractivity contribution is 6.20. The van der Waals surface area contributed by atoms with Gasteiger partial charge in [0.15, 0.2) is 5.78 Å². The molecule has 0 spiro atoms. The van der Waals surface area contributed by atoms with Crippen molar-refractivity contribution in [1.29, 1.82) is 5.26 Å². The number of carbonyl (C=O) groups excluding carboxylic acids is 4. The average Bonchev–Trinajstić information content (AvgIpc) is 3.78. The lowest BCUT2D eigenvalue weighted by Crippen LogP contribution is -2.53. The Morgan fingerprint density at radius 1 is 0.895 bits per heavy atom. The molecular weight excluding hydrogens is 715 g/mol. The van der Waals surface area contributed by atoms with Gasteiger partial charge in [-0.3, -0.25) is 29.4 Å². The third-order valence-electron chi connectivity index (χ3n) is 13.6.